The first kappa shape index (κ1) is 10.8. The van der Waals surface area contributed by atoms with Crippen molar-refractivity contribution in [1.82, 2.24) is 10.2 Å². The van der Waals surface area contributed by atoms with Crippen LogP contribution in [0.2, 0.25) is 10.3 Å². The van der Waals surface area contributed by atoms with E-state index in [1.54, 1.807) is 6.07 Å². The van der Waals surface area contributed by atoms with Gasteiger partial charge in [0.15, 0.2) is 10.3 Å². The molecule has 6 heteroatoms. The molecule has 0 spiro atoms. The highest BCUT2D eigenvalue weighted by molar-refractivity contribution is 9.11. The summed E-state index contributed by atoms with van der Waals surface area (Å²) in [5.74, 6) is 0. The van der Waals surface area contributed by atoms with E-state index >= 15 is 0 Å². The van der Waals surface area contributed by atoms with Gasteiger partial charge in [-0.2, -0.15) is 0 Å². The van der Waals surface area contributed by atoms with Crippen molar-refractivity contribution in [2.75, 3.05) is 11.9 Å². The van der Waals surface area contributed by atoms with Crippen LogP contribution in [0.1, 0.15) is 0 Å². The highest BCUT2D eigenvalue weighted by Crippen LogP contribution is 2.21. The molecule has 0 saturated carbocycles. The molecule has 1 rings (SSSR count). The number of anilines is 1. The van der Waals surface area contributed by atoms with Crippen LogP contribution in [0, 0.1) is 0 Å². The SMILES string of the molecule is C=C(Br)CNc1cc(Cl)nnc1Cl. The fourth-order valence-corrected chi connectivity index (χ4v) is 1.11. The van der Waals surface area contributed by atoms with Crippen LogP contribution in [-0.2, 0) is 0 Å². The summed E-state index contributed by atoms with van der Waals surface area (Å²) in [5, 5.41) is 10.8. The van der Waals surface area contributed by atoms with Gasteiger partial charge in [0.05, 0.1) is 5.69 Å². The fourth-order valence-electron chi connectivity index (χ4n) is 0.668. The molecule has 0 amide bonds. The summed E-state index contributed by atoms with van der Waals surface area (Å²) < 4.78 is 0.816. The van der Waals surface area contributed by atoms with Gasteiger partial charge in [0, 0.05) is 17.1 Å². The van der Waals surface area contributed by atoms with Crippen LogP contribution in [-0.4, -0.2) is 16.7 Å². The molecule has 0 saturated heterocycles. The van der Waals surface area contributed by atoms with Crippen molar-refractivity contribution in [3.63, 3.8) is 0 Å². The second kappa shape index (κ2) is 4.79. The highest BCUT2D eigenvalue weighted by Gasteiger charge is 2.02. The van der Waals surface area contributed by atoms with Crippen LogP contribution in [0.3, 0.4) is 0 Å². The normalized spacial score (nSPS) is 9.77. The summed E-state index contributed by atoms with van der Waals surface area (Å²) in [6.45, 7) is 4.22. The molecule has 3 nitrogen and oxygen atoms in total. The molecule has 0 aromatic carbocycles. The standard InChI is InChI=1S/C7H6BrCl2N3/c1-4(8)3-11-5-2-6(9)12-13-7(5)10/h2H,1,3H2,(H,11,12). The Bertz CT molecular complexity index is 330. The zero-order valence-electron chi connectivity index (χ0n) is 6.52. The maximum absolute atomic E-state index is 5.74. The van der Waals surface area contributed by atoms with Gasteiger partial charge in [-0.3, -0.25) is 0 Å². The topological polar surface area (TPSA) is 37.8 Å². The third-order valence-electron chi connectivity index (χ3n) is 1.19. The number of aromatic nitrogens is 2. The van der Waals surface area contributed by atoms with Gasteiger partial charge in [0.2, 0.25) is 0 Å². The summed E-state index contributed by atoms with van der Waals surface area (Å²) in [7, 11) is 0. The largest absolute Gasteiger partial charge is 0.378 e. The van der Waals surface area contributed by atoms with Gasteiger partial charge >= 0.3 is 0 Å². The first-order valence-corrected chi connectivity index (χ1v) is 4.90. The molecular weight excluding hydrogens is 277 g/mol. The highest BCUT2D eigenvalue weighted by atomic mass is 79.9. The number of hydrogen-bond donors (Lipinski definition) is 1. The Hall–Kier alpha value is -0.320. The van der Waals surface area contributed by atoms with E-state index in [2.05, 4.69) is 38.0 Å². The van der Waals surface area contributed by atoms with E-state index in [0.29, 0.717) is 17.4 Å². The Morgan fingerprint density at radius 1 is 1.54 bits per heavy atom. The molecule has 70 valence electrons. The quantitative estimate of drug-likeness (QED) is 0.926. The lowest BCUT2D eigenvalue weighted by molar-refractivity contribution is 1.03. The number of halogens is 3. The molecule has 0 bridgehead atoms. The van der Waals surface area contributed by atoms with Crippen LogP contribution in [0.5, 0.6) is 0 Å². The summed E-state index contributed by atoms with van der Waals surface area (Å²) >= 11 is 14.6. The molecule has 0 atom stereocenters. The monoisotopic (exact) mass is 281 g/mol. The molecule has 13 heavy (non-hydrogen) atoms. The second-order valence-electron chi connectivity index (χ2n) is 2.24. The average Bonchev–Trinajstić information content (AvgIpc) is 2.06. The molecule has 0 aliphatic heterocycles. The number of nitrogens with zero attached hydrogens (tertiary/aromatic N) is 2. The van der Waals surface area contributed by atoms with E-state index < -0.39 is 0 Å². The smallest absolute Gasteiger partial charge is 0.174 e. The van der Waals surface area contributed by atoms with E-state index in [0.717, 1.165) is 4.48 Å². The molecule has 1 N–H and O–H groups in total. The molecule has 1 aromatic heterocycles. The van der Waals surface area contributed by atoms with Crippen molar-refractivity contribution >= 4 is 44.8 Å². The maximum Gasteiger partial charge on any atom is 0.174 e. The van der Waals surface area contributed by atoms with E-state index in [-0.39, 0.29) is 5.15 Å². The minimum absolute atomic E-state index is 0.290. The number of rotatable bonds is 3. The van der Waals surface area contributed by atoms with Crippen molar-refractivity contribution in [3.8, 4) is 0 Å². The molecule has 0 radical (unpaired) electrons. The van der Waals surface area contributed by atoms with Gasteiger partial charge in [-0.1, -0.05) is 45.7 Å². The Labute approximate surface area is 94.3 Å². The van der Waals surface area contributed by atoms with Gasteiger partial charge in [0.25, 0.3) is 0 Å². The van der Waals surface area contributed by atoms with Gasteiger partial charge < -0.3 is 5.32 Å². The third kappa shape index (κ3) is 3.50. The van der Waals surface area contributed by atoms with Gasteiger partial charge in [0.1, 0.15) is 0 Å². The Morgan fingerprint density at radius 3 is 2.85 bits per heavy atom. The predicted octanol–water partition coefficient (Wildman–Crippen LogP) is 3.10. The minimum Gasteiger partial charge on any atom is -0.378 e. The van der Waals surface area contributed by atoms with E-state index in [1.807, 2.05) is 0 Å². The van der Waals surface area contributed by atoms with Crippen LogP contribution in [0.25, 0.3) is 0 Å². The lowest BCUT2D eigenvalue weighted by atomic mass is 10.4. The molecule has 1 aromatic rings. The van der Waals surface area contributed by atoms with Crippen molar-refractivity contribution in [3.05, 3.63) is 27.4 Å². The van der Waals surface area contributed by atoms with Crippen LogP contribution < -0.4 is 5.32 Å². The first-order chi connectivity index (χ1) is 6.09. The predicted molar refractivity (Wildman–Crippen MR) is 58.6 cm³/mol. The molecule has 0 aliphatic rings. The first-order valence-electron chi connectivity index (χ1n) is 3.35. The van der Waals surface area contributed by atoms with Gasteiger partial charge in [-0.25, -0.2) is 0 Å². The van der Waals surface area contributed by atoms with Crippen molar-refractivity contribution < 1.29 is 0 Å². The van der Waals surface area contributed by atoms with Gasteiger partial charge in [-0.15, -0.1) is 10.2 Å². The molecular formula is C7H6BrCl2N3. The Balaban J connectivity index is 2.75. The third-order valence-corrected chi connectivity index (χ3v) is 1.93. The van der Waals surface area contributed by atoms with E-state index in [9.17, 15) is 0 Å². The number of nitrogens with one attached hydrogen (secondary N) is 1. The Kier molecular flexibility index (Phi) is 3.96. The van der Waals surface area contributed by atoms with E-state index in [4.69, 9.17) is 23.2 Å². The molecule has 0 fully saturated rings. The number of hydrogen-bond acceptors (Lipinski definition) is 3. The van der Waals surface area contributed by atoms with Crippen molar-refractivity contribution in [2.45, 2.75) is 0 Å². The summed E-state index contributed by atoms with van der Waals surface area (Å²) in [6, 6.07) is 1.60. The van der Waals surface area contributed by atoms with Crippen molar-refractivity contribution in [1.29, 1.82) is 0 Å². The fraction of sp³-hybridized carbons (Fsp3) is 0.143. The molecule has 0 aliphatic carbocycles. The molecule has 1 heterocycles. The van der Waals surface area contributed by atoms with Crippen molar-refractivity contribution in [2.24, 2.45) is 0 Å². The lowest BCUT2D eigenvalue weighted by Gasteiger charge is -2.05. The van der Waals surface area contributed by atoms with Gasteiger partial charge in [-0.05, 0) is 0 Å². The zero-order valence-corrected chi connectivity index (χ0v) is 9.62. The minimum atomic E-state index is 0.290. The molecule has 0 unspecified atom stereocenters. The second-order valence-corrected chi connectivity index (χ2v) is 4.11. The lowest BCUT2D eigenvalue weighted by Crippen LogP contribution is -2.02. The summed E-state index contributed by atoms with van der Waals surface area (Å²) in [6.07, 6.45) is 0. The van der Waals surface area contributed by atoms with Crippen LogP contribution in [0.15, 0.2) is 17.1 Å². The summed E-state index contributed by atoms with van der Waals surface area (Å²) in [4.78, 5) is 0. The van der Waals surface area contributed by atoms with Crippen LogP contribution in [0.4, 0.5) is 5.69 Å². The van der Waals surface area contributed by atoms with Crippen LogP contribution >= 0.6 is 39.1 Å². The maximum atomic E-state index is 5.74. The van der Waals surface area contributed by atoms with E-state index in [1.165, 1.54) is 0 Å². The average molecular weight is 283 g/mol. The zero-order chi connectivity index (χ0) is 9.84. The Morgan fingerprint density at radius 2 is 2.23 bits per heavy atom. The summed E-state index contributed by atoms with van der Waals surface area (Å²) in [5.41, 5.74) is 0.641.